The molecule has 1 N–H and O–H groups in total. The lowest BCUT2D eigenvalue weighted by atomic mass is 10.2. The summed E-state index contributed by atoms with van der Waals surface area (Å²) in [6, 6.07) is 4.58. The van der Waals surface area contributed by atoms with Crippen LogP contribution in [-0.4, -0.2) is 29.0 Å². The highest BCUT2D eigenvalue weighted by molar-refractivity contribution is 6.30. The highest BCUT2D eigenvalue weighted by Gasteiger charge is 2.21. The minimum absolute atomic E-state index is 0.0422. The summed E-state index contributed by atoms with van der Waals surface area (Å²) in [5.41, 5.74) is 0.335. The lowest BCUT2D eigenvalue weighted by molar-refractivity contribution is 0.0790. The molecular formula is C11H12ClNO2. The molecule has 2 rings (SSSR count). The van der Waals surface area contributed by atoms with Crippen molar-refractivity contribution in [1.29, 1.82) is 0 Å². The number of carbonyl (C=O) groups excluding carboxylic acids is 1. The number of halogens is 1. The number of carbonyl (C=O) groups is 1. The van der Waals surface area contributed by atoms with Crippen molar-refractivity contribution in [1.82, 2.24) is 4.90 Å². The van der Waals surface area contributed by atoms with Gasteiger partial charge < -0.3 is 10.0 Å². The van der Waals surface area contributed by atoms with Gasteiger partial charge in [-0.2, -0.15) is 0 Å². The molecule has 0 aromatic heterocycles. The zero-order chi connectivity index (χ0) is 10.8. The van der Waals surface area contributed by atoms with Crippen molar-refractivity contribution < 1.29 is 9.90 Å². The van der Waals surface area contributed by atoms with Crippen LogP contribution in [0.1, 0.15) is 23.2 Å². The second-order valence-electron chi connectivity index (χ2n) is 3.66. The van der Waals surface area contributed by atoms with Crippen molar-refractivity contribution in [3.8, 4) is 5.75 Å². The van der Waals surface area contributed by atoms with E-state index in [1.807, 2.05) is 0 Å². The van der Waals surface area contributed by atoms with Crippen LogP contribution in [0.15, 0.2) is 18.2 Å². The largest absolute Gasteiger partial charge is 0.507 e. The van der Waals surface area contributed by atoms with Gasteiger partial charge in [0, 0.05) is 18.1 Å². The standard InChI is InChI=1S/C11H12ClNO2/c12-8-3-4-9(10(14)7-8)11(15)13-5-1-2-6-13/h3-4,7,14H,1-2,5-6H2. The number of nitrogens with zero attached hydrogens (tertiary/aromatic N) is 1. The van der Waals surface area contributed by atoms with Gasteiger partial charge in [0.2, 0.25) is 0 Å². The summed E-state index contributed by atoms with van der Waals surface area (Å²) in [5, 5.41) is 10.0. The molecule has 0 atom stereocenters. The topological polar surface area (TPSA) is 40.5 Å². The van der Waals surface area contributed by atoms with E-state index in [0.29, 0.717) is 10.6 Å². The molecule has 1 aliphatic heterocycles. The molecular weight excluding hydrogens is 214 g/mol. The molecule has 0 saturated carbocycles. The molecule has 1 aliphatic rings. The minimum Gasteiger partial charge on any atom is -0.507 e. The number of phenols is 1. The van der Waals surface area contributed by atoms with Gasteiger partial charge >= 0.3 is 0 Å². The van der Waals surface area contributed by atoms with Crippen LogP contribution in [0.5, 0.6) is 5.75 Å². The van der Waals surface area contributed by atoms with Crippen LogP contribution in [-0.2, 0) is 0 Å². The first kappa shape index (κ1) is 10.3. The third-order valence-electron chi connectivity index (χ3n) is 2.58. The Bertz CT molecular complexity index is 386. The van der Waals surface area contributed by atoms with Crippen molar-refractivity contribution in [3.63, 3.8) is 0 Å². The van der Waals surface area contributed by atoms with Crippen molar-refractivity contribution in [2.45, 2.75) is 12.8 Å². The van der Waals surface area contributed by atoms with Gasteiger partial charge in [-0.25, -0.2) is 0 Å². The average Bonchev–Trinajstić information content (AvgIpc) is 2.69. The monoisotopic (exact) mass is 225 g/mol. The number of likely N-dealkylation sites (tertiary alicyclic amines) is 1. The molecule has 0 unspecified atom stereocenters. The van der Waals surface area contributed by atoms with Gasteiger partial charge in [-0.3, -0.25) is 4.79 Å². The highest BCUT2D eigenvalue weighted by atomic mass is 35.5. The zero-order valence-electron chi connectivity index (χ0n) is 8.24. The molecule has 1 aromatic rings. The van der Waals surface area contributed by atoms with Crippen LogP contribution in [0.4, 0.5) is 0 Å². The fraction of sp³-hybridized carbons (Fsp3) is 0.364. The Morgan fingerprint density at radius 3 is 2.60 bits per heavy atom. The maximum Gasteiger partial charge on any atom is 0.257 e. The van der Waals surface area contributed by atoms with Crippen LogP contribution < -0.4 is 0 Å². The van der Waals surface area contributed by atoms with E-state index in [1.54, 1.807) is 17.0 Å². The predicted octanol–water partition coefficient (Wildman–Crippen LogP) is 2.28. The summed E-state index contributed by atoms with van der Waals surface area (Å²) in [7, 11) is 0. The number of aromatic hydroxyl groups is 1. The van der Waals surface area contributed by atoms with E-state index < -0.39 is 0 Å². The van der Waals surface area contributed by atoms with E-state index in [9.17, 15) is 9.90 Å². The molecule has 80 valence electrons. The first-order valence-electron chi connectivity index (χ1n) is 4.96. The number of hydrogen-bond acceptors (Lipinski definition) is 2. The lowest BCUT2D eigenvalue weighted by Gasteiger charge is -2.15. The van der Waals surface area contributed by atoms with Gasteiger partial charge in [0.05, 0.1) is 5.56 Å². The third kappa shape index (κ3) is 2.07. The summed E-state index contributed by atoms with van der Waals surface area (Å²) >= 11 is 5.70. The molecule has 1 aromatic carbocycles. The summed E-state index contributed by atoms with van der Waals surface area (Å²) in [5.74, 6) is -0.152. The Morgan fingerprint density at radius 2 is 2.00 bits per heavy atom. The number of amides is 1. The van der Waals surface area contributed by atoms with Gasteiger partial charge in [-0.1, -0.05) is 11.6 Å². The maximum absolute atomic E-state index is 11.9. The first-order chi connectivity index (χ1) is 7.18. The fourth-order valence-electron chi connectivity index (χ4n) is 1.78. The number of benzene rings is 1. The summed E-state index contributed by atoms with van der Waals surface area (Å²) < 4.78 is 0. The van der Waals surface area contributed by atoms with Gasteiger partial charge in [0.1, 0.15) is 5.75 Å². The molecule has 0 bridgehead atoms. The van der Waals surface area contributed by atoms with Gasteiger partial charge in [-0.05, 0) is 31.0 Å². The Kier molecular flexibility index (Phi) is 2.82. The molecule has 0 spiro atoms. The predicted molar refractivity (Wildman–Crippen MR) is 58.3 cm³/mol. The smallest absolute Gasteiger partial charge is 0.257 e. The maximum atomic E-state index is 11.9. The zero-order valence-corrected chi connectivity index (χ0v) is 9.00. The van der Waals surface area contributed by atoms with Gasteiger partial charge in [0.15, 0.2) is 0 Å². The molecule has 15 heavy (non-hydrogen) atoms. The molecule has 1 heterocycles. The van der Waals surface area contributed by atoms with Crippen molar-refractivity contribution in [2.24, 2.45) is 0 Å². The van der Waals surface area contributed by atoms with Crippen molar-refractivity contribution in [2.75, 3.05) is 13.1 Å². The van der Waals surface area contributed by atoms with E-state index in [1.165, 1.54) is 6.07 Å². The SMILES string of the molecule is O=C(c1ccc(Cl)cc1O)N1CCCC1. The van der Waals surface area contributed by atoms with E-state index in [2.05, 4.69) is 0 Å². The molecule has 3 nitrogen and oxygen atoms in total. The normalized spacial score (nSPS) is 15.7. The van der Waals surface area contributed by atoms with Gasteiger partial charge in [-0.15, -0.1) is 0 Å². The second-order valence-corrected chi connectivity index (χ2v) is 4.10. The van der Waals surface area contributed by atoms with E-state index in [-0.39, 0.29) is 11.7 Å². The van der Waals surface area contributed by atoms with Gasteiger partial charge in [0.25, 0.3) is 5.91 Å². The van der Waals surface area contributed by atoms with Crippen LogP contribution >= 0.6 is 11.6 Å². The van der Waals surface area contributed by atoms with Crippen molar-refractivity contribution in [3.05, 3.63) is 28.8 Å². The average molecular weight is 226 g/mol. The number of rotatable bonds is 1. The Labute approximate surface area is 93.3 Å². The quantitative estimate of drug-likeness (QED) is 0.797. The first-order valence-corrected chi connectivity index (χ1v) is 5.34. The van der Waals surface area contributed by atoms with Crippen LogP contribution in [0.3, 0.4) is 0 Å². The minimum atomic E-state index is -0.110. The van der Waals surface area contributed by atoms with Crippen molar-refractivity contribution >= 4 is 17.5 Å². The number of phenolic OH excluding ortho intramolecular Hbond substituents is 1. The fourth-order valence-corrected chi connectivity index (χ4v) is 1.94. The summed E-state index contributed by atoms with van der Waals surface area (Å²) in [4.78, 5) is 13.7. The molecule has 1 amide bonds. The summed E-state index contributed by atoms with van der Waals surface area (Å²) in [6.45, 7) is 1.56. The Morgan fingerprint density at radius 1 is 1.33 bits per heavy atom. The van der Waals surface area contributed by atoms with E-state index in [0.717, 1.165) is 25.9 Å². The van der Waals surface area contributed by atoms with Crippen LogP contribution in [0.2, 0.25) is 5.02 Å². The molecule has 1 saturated heterocycles. The van der Waals surface area contributed by atoms with Crippen LogP contribution in [0.25, 0.3) is 0 Å². The molecule has 1 fully saturated rings. The highest BCUT2D eigenvalue weighted by Crippen LogP contribution is 2.24. The molecule has 0 radical (unpaired) electrons. The van der Waals surface area contributed by atoms with E-state index >= 15 is 0 Å². The Hall–Kier alpha value is -1.22. The second kappa shape index (κ2) is 4.11. The van der Waals surface area contributed by atoms with E-state index in [4.69, 9.17) is 11.6 Å². The molecule has 4 heteroatoms. The lowest BCUT2D eigenvalue weighted by Crippen LogP contribution is -2.27. The number of hydrogen-bond donors (Lipinski definition) is 1. The Balaban J connectivity index is 2.24. The summed E-state index contributed by atoms with van der Waals surface area (Å²) in [6.07, 6.45) is 2.08. The molecule has 0 aliphatic carbocycles. The van der Waals surface area contributed by atoms with Crippen LogP contribution in [0, 0.1) is 0 Å². The third-order valence-corrected chi connectivity index (χ3v) is 2.82.